The first kappa shape index (κ1) is 15.0. The van der Waals surface area contributed by atoms with Gasteiger partial charge in [0.05, 0.1) is 23.9 Å². The van der Waals surface area contributed by atoms with E-state index in [-0.39, 0.29) is 24.0 Å². The number of ether oxygens (including phenoxy) is 1. The molecule has 0 saturated carbocycles. The molecule has 0 aliphatic carbocycles. The first-order valence-corrected chi connectivity index (χ1v) is 7.91. The number of rotatable bonds is 8. The molecule has 1 aromatic heterocycles. The Balaban J connectivity index is 2.34. The van der Waals surface area contributed by atoms with Crippen molar-refractivity contribution in [1.82, 2.24) is 9.10 Å². The first-order valence-electron chi connectivity index (χ1n) is 4.86. The van der Waals surface area contributed by atoms with Gasteiger partial charge in [-0.15, -0.1) is 0 Å². The Morgan fingerprint density at radius 1 is 1.53 bits per heavy atom. The van der Waals surface area contributed by atoms with Crippen LogP contribution < -0.4 is 4.72 Å². The molecule has 0 radical (unpaired) electrons. The third-order valence-electron chi connectivity index (χ3n) is 1.73. The maximum absolute atomic E-state index is 11.8. The largest absolute Gasteiger partial charge is 0.394 e. The monoisotopic (exact) mass is 344 g/mol. The van der Waals surface area contributed by atoms with E-state index in [9.17, 15) is 8.42 Å². The number of aliphatic hydroxyl groups excluding tert-OH is 1. The highest BCUT2D eigenvalue weighted by Crippen LogP contribution is 2.24. The molecule has 0 amide bonds. The van der Waals surface area contributed by atoms with Crippen molar-refractivity contribution in [3.8, 4) is 0 Å². The fourth-order valence-electron chi connectivity index (χ4n) is 1.01. The van der Waals surface area contributed by atoms with Crippen molar-refractivity contribution >= 4 is 37.5 Å². The molecule has 0 spiro atoms. The van der Waals surface area contributed by atoms with E-state index < -0.39 is 10.0 Å². The zero-order valence-corrected chi connectivity index (χ0v) is 12.1. The average molecular weight is 345 g/mol. The molecular weight excluding hydrogens is 332 g/mol. The lowest BCUT2D eigenvalue weighted by Crippen LogP contribution is -2.25. The summed E-state index contributed by atoms with van der Waals surface area (Å²) >= 11 is 4.04. The van der Waals surface area contributed by atoms with Crippen molar-refractivity contribution in [3.63, 3.8) is 0 Å². The van der Waals surface area contributed by atoms with Crippen LogP contribution in [0.2, 0.25) is 0 Å². The first-order chi connectivity index (χ1) is 8.08. The van der Waals surface area contributed by atoms with Crippen LogP contribution in [0.1, 0.15) is 6.42 Å². The molecule has 1 heterocycles. The summed E-state index contributed by atoms with van der Waals surface area (Å²) in [5.74, 6) is 0. The molecule has 0 atom stereocenters. The van der Waals surface area contributed by atoms with Gasteiger partial charge in [-0.2, -0.15) is 4.37 Å². The van der Waals surface area contributed by atoms with Crippen LogP contribution >= 0.6 is 27.5 Å². The van der Waals surface area contributed by atoms with E-state index in [0.29, 0.717) is 17.5 Å². The van der Waals surface area contributed by atoms with Gasteiger partial charge in [-0.25, -0.2) is 13.1 Å². The Hall–Kier alpha value is -0.0600. The van der Waals surface area contributed by atoms with E-state index in [1.807, 2.05) is 0 Å². The van der Waals surface area contributed by atoms with Crippen LogP contribution in [-0.2, 0) is 14.8 Å². The van der Waals surface area contributed by atoms with Crippen molar-refractivity contribution in [2.45, 2.75) is 10.6 Å². The zero-order valence-electron chi connectivity index (χ0n) is 8.93. The van der Waals surface area contributed by atoms with Gasteiger partial charge < -0.3 is 9.84 Å². The maximum Gasteiger partial charge on any atom is 0.252 e. The lowest BCUT2D eigenvalue weighted by Gasteiger charge is -2.05. The number of nitrogens with zero attached hydrogens (tertiary/aromatic N) is 1. The van der Waals surface area contributed by atoms with E-state index in [1.54, 1.807) is 0 Å². The Bertz CT molecular complexity index is 434. The standard InChI is InChI=1S/C8H13BrN2O4S2/c9-7-6-10-16-8(7)17(13,14)11-2-1-4-15-5-3-12/h6,11-12H,1-5H2. The van der Waals surface area contributed by atoms with Crippen molar-refractivity contribution in [2.24, 2.45) is 0 Å². The molecule has 0 fully saturated rings. The van der Waals surface area contributed by atoms with E-state index in [4.69, 9.17) is 9.84 Å². The number of sulfonamides is 1. The summed E-state index contributed by atoms with van der Waals surface area (Å²) in [7, 11) is -3.49. The van der Waals surface area contributed by atoms with Crippen molar-refractivity contribution in [2.75, 3.05) is 26.4 Å². The zero-order chi connectivity index (χ0) is 12.7. The van der Waals surface area contributed by atoms with Gasteiger partial charge in [-0.1, -0.05) is 0 Å². The molecule has 6 nitrogen and oxygen atoms in total. The Morgan fingerprint density at radius 2 is 2.29 bits per heavy atom. The molecule has 17 heavy (non-hydrogen) atoms. The van der Waals surface area contributed by atoms with Crippen molar-refractivity contribution in [1.29, 1.82) is 0 Å². The Kier molecular flexibility index (Phi) is 6.52. The number of aromatic nitrogens is 1. The second-order valence-electron chi connectivity index (χ2n) is 3.05. The smallest absolute Gasteiger partial charge is 0.252 e. The minimum absolute atomic E-state index is 0.0282. The number of aliphatic hydroxyl groups is 1. The van der Waals surface area contributed by atoms with Gasteiger partial charge in [-0.3, -0.25) is 0 Å². The minimum Gasteiger partial charge on any atom is -0.394 e. The quantitative estimate of drug-likeness (QED) is 0.673. The summed E-state index contributed by atoms with van der Waals surface area (Å²) in [5, 5.41) is 8.46. The topological polar surface area (TPSA) is 88.5 Å². The summed E-state index contributed by atoms with van der Waals surface area (Å²) in [6.45, 7) is 0.942. The van der Waals surface area contributed by atoms with Crippen LogP contribution in [0.5, 0.6) is 0 Å². The normalized spacial score (nSPS) is 11.9. The summed E-state index contributed by atoms with van der Waals surface area (Å²) in [4.78, 5) is 0. The molecule has 98 valence electrons. The van der Waals surface area contributed by atoms with Crippen LogP contribution in [0.3, 0.4) is 0 Å². The second kappa shape index (κ2) is 7.39. The van der Waals surface area contributed by atoms with E-state index in [0.717, 1.165) is 11.5 Å². The molecule has 0 aliphatic heterocycles. The van der Waals surface area contributed by atoms with Gasteiger partial charge in [0.2, 0.25) is 0 Å². The molecule has 0 saturated heterocycles. The third kappa shape index (κ3) is 4.98. The number of hydrogen-bond acceptors (Lipinski definition) is 6. The lowest BCUT2D eigenvalue weighted by atomic mass is 10.5. The van der Waals surface area contributed by atoms with Gasteiger partial charge in [0.15, 0.2) is 4.21 Å². The minimum atomic E-state index is -3.49. The van der Waals surface area contributed by atoms with Crippen molar-refractivity contribution < 1.29 is 18.3 Å². The van der Waals surface area contributed by atoms with Gasteiger partial charge in [0, 0.05) is 13.2 Å². The predicted octanol–water partition coefficient (Wildman–Crippen LogP) is 0.583. The maximum atomic E-state index is 11.8. The van der Waals surface area contributed by atoms with Crippen LogP contribution in [0.15, 0.2) is 14.9 Å². The molecule has 0 unspecified atom stereocenters. The van der Waals surface area contributed by atoms with Gasteiger partial charge >= 0.3 is 0 Å². The number of nitrogens with one attached hydrogen (secondary N) is 1. The van der Waals surface area contributed by atoms with E-state index in [1.165, 1.54) is 6.20 Å². The number of halogens is 1. The second-order valence-corrected chi connectivity index (χ2v) is 6.67. The van der Waals surface area contributed by atoms with Crippen LogP contribution in [0.25, 0.3) is 0 Å². The SMILES string of the molecule is O=S(=O)(NCCCOCCO)c1sncc1Br. The molecule has 2 N–H and O–H groups in total. The fourth-order valence-corrected chi connectivity index (χ4v) is 4.05. The van der Waals surface area contributed by atoms with E-state index in [2.05, 4.69) is 25.0 Å². The number of hydrogen-bond donors (Lipinski definition) is 2. The summed E-state index contributed by atoms with van der Waals surface area (Å²) in [6, 6.07) is 0. The summed E-state index contributed by atoms with van der Waals surface area (Å²) in [6.07, 6.45) is 2.00. The summed E-state index contributed by atoms with van der Waals surface area (Å²) in [5.41, 5.74) is 0. The summed E-state index contributed by atoms with van der Waals surface area (Å²) < 4.78 is 35.4. The molecule has 1 aromatic rings. The molecule has 0 bridgehead atoms. The van der Waals surface area contributed by atoms with Crippen LogP contribution in [0, 0.1) is 0 Å². The van der Waals surface area contributed by atoms with Gasteiger partial charge in [0.25, 0.3) is 10.0 Å². The van der Waals surface area contributed by atoms with Gasteiger partial charge in [-0.05, 0) is 33.9 Å². The highest BCUT2D eigenvalue weighted by molar-refractivity contribution is 9.10. The molecule has 9 heteroatoms. The third-order valence-corrected chi connectivity index (χ3v) is 5.63. The Morgan fingerprint density at radius 3 is 2.88 bits per heavy atom. The van der Waals surface area contributed by atoms with E-state index >= 15 is 0 Å². The van der Waals surface area contributed by atoms with Gasteiger partial charge in [0.1, 0.15) is 0 Å². The van der Waals surface area contributed by atoms with Crippen LogP contribution in [0.4, 0.5) is 0 Å². The predicted molar refractivity (Wildman–Crippen MR) is 67.5 cm³/mol. The molecule has 0 aliphatic rings. The highest BCUT2D eigenvalue weighted by Gasteiger charge is 2.19. The lowest BCUT2D eigenvalue weighted by molar-refractivity contribution is 0.0913. The highest BCUT2D eigenvalue weighted by atomic mass is 79.9. The Labute approximate surface area is 112 Å². The molecule has 0 aromatic carbocycles. The molecule has 1 rings (SSSR count). The van der Waals surface area contributed by atoms with Crippen LogP contribution in [-0.4, -0.2) is 44.3 Å². The average Bonchev–Trinajstić information content (AvgIpc) is 2.70. The fraction of sp³-hybridized carbons (Fsp3) is 0.625. The molecular formula is C8H13BrN2O4S2. The van der Waals surface area contributed by atoms with Crippen molar-refractivity contribution in [3.05, 3.63) is 10.7 Å².